The molecule has 0 amide bonds. The Morgan fingerprint density at radius 1 is 1.25 bits per heavy atom. The van der Waals surface area contributed by atoms with Crippen LogP contribution in [0.4, 0.5) is 5.82 Å². The number of anilines is 1. The van der Waals surface area contributed by atoms with E-state index in [9.17, 15) is 5.26 Å². The van der Waals surface area contributed by atoms with E-state index in [0.29, 0.717) is 17.3 Å². The van der Waals surface area contributed by atoms with Gasteiger partial charge in [0.1, 0.15) is 17.3 Å². The average Bonchev–Trinajstić information content (AvgIpc) is 2.38. The summed E-state index contributed by atoms with van der Waals surface area (Å²) in [7, 11) is 0. The van der Waals surface area contributed by atoms with Gasteiger partial charge < -0.3 is 0 Å². The van der Waals surface area contributed by atoms with Gasteiger partial charge in [-0.2, -0.15) is 5.26 Å². The molecule has 0 bridgehead atoms. The molecule has 2 rings (SSSR count). The van der Waals surface area contributed by atoms with Crippen LogP contribution in [0.15, 0.2) is 30.3 Å². The van der Waals surface area contributed by atoms with Crippen molar-refractivity contribution in [3.05, 3.63) is 47.2 Å². The number of pyridine rings is 1. The Morgan fingerprint density at radius 2 is 1.90 bits per heavy atom. The molecular formula is C17H20N3+. The predicted octanol–water partition coefficient (Wildman–Crippen LogP) is 3.13. The van der Waals surface area contributed by atoms with Crippen LogP contribution in [0.1, 0.15) is 30.7 Å². The molecule has 0 fully saturated rings. The highest BCUT2D eigenvalue weighted by atomic mass is 14.8. The van der Waals surface area contributed by atoms with Gasteiger partial charge in [-0.05, 0) is 24.5 Å². The Kier molecular flexibility index (Phi) is 4.05. The minimum atomic E-state index is 0.446. The van der Waals surface area contributed by atoms with Crippen molar-refractivity contribution in [3.8, 4) is 17.2 Å². The summed E-state index contributed by atoms with van der Waals surface area (Å²) in [6, 6.07) is 12.4. The number of H-pyrrole nitrogens is 1. The van der Waals surface area contributed by atoms with E-state index in [1.807, 2.05) is 37.3 Å². The van der Waals surface area contributed by atoms with Gasteiger partial charge in [-0.1, -0.05) is 43.7 Å². The van der Waals surface area contributed by atoms with E-state index in [1.54, 1.807) is 0 Å². The molecule has 0 aliphatic rings. The lowest BCUT2D eigenvalue weighted by Crippen LogP contribution is -2.20. The van der Waals surface area contributed by atoms with Crippen LogP contribution < -0.4 is 10.7 Å². The van der Waals surface area contributed by atoms with Gasteiger partial charge in [-0.15, -0.1) is 0 Å². The fraction of sp³-hybridized carbons (Fsp3) is 0.294. The third-order valence-corrected chi connectivity index (χ3v) is 3.26. The largest absolute Gasteiger partial charge is 0.289 e. The summed E-state index contributed by atoms with van der Waals surface area (Å²) in [4.78, 5) is 3.13. The molecule has 3 heteroatoms. The van der Waals surface area contributed by atoms with Crippen molar-refractivity contribution in [2.24, 2.45) is 5.92 Å². The van der Waals surface area contributed by atoms with E-state index < -0.39 is 0 Å². The third-order valence-electron chi connectivity index (χ3n) is 3.26. The topological polar surface area (TPSA) is 63.9 Å². The summed E-state index contributed by atoms with van der Waals surface area (Å²) in [5.74, 6) is 0.977. The molecule has 1 aromatic heterocycles. The number of nitrogen functional groups attached to an aromatic ring is 1. The Bertz CT molecular complexity index is 649. The van der Waals surface area contributed by atoms with Gasteiger partial charge >= 0.3 is 0 Å². The van der Waals surface area contributed by atoms with Gasteiger partial charge in [0.05, 0.1) is 0 Å². The van der Waals surface area contributed by atoms with E-state index >= 15 is 0 Å². The summed E-state index contributed by atoms with van der Waals surface area (Å²) in [6.45, 7) is 6.37. The maximum atomic E-state index is 9.34. The van der Waals surface area contributed by atoms with Crippen molar-refractivity contribution in [1.29, 1.82) is 5.26 Å². The van der Waals surface area contributed by atoms with Gasteiger partial charge in [0.15, 0.2) is 0 Å². The molecule has 0 unspecified atom stereocenters. The SMILES string of the molecule is Cc1ccc(-c2cc(CC(C)C)[nH+]c(N)c2C#N)cc1. The summed E-state index contributed by atoms with van der Waals surface area (Å²) in [6.07, 6.45) is 0.911. The highest BCUT2D eigenvalue weighted by Crippen LogP contribution is 2.26. The second kappa shape index (κ2) is 5.75. The number of nitrogens with one attached hydrogen (secondary N) is 1. The van der Waals surface area contributed by atoms with Crippen LogP contribution in [-0.2, 0) is 6.42 Å². The lowest BCUT2D eigenvalue weighted by Gasteiger charge is -2.08. The van der Waals surface area contributed by atoms with E-state index in [-0.39, 0.29) is 0 Å². The number of rotatable bonds is 3. The maximum Gasteiger partial charge on any atom is 0.289 e. The molecule has 20 heavy (non-hydrogen) atoms. The molecule has 2 aromatic rings. The molecule has 0 radical (unpaired) electrons. The van der Waals surface area contributed by atoms with Crippen molar-refractivity contribution >= 4 is 5.82 Å². The summed E-state index contributed by atoms with van der Waals surface area (Å²) in [5, 5.41) is 9.34. The van der Waals surface area contributed by atoms with Crippen molar-refractivity contribution in [2.45, 2.75) is 27.2 Å². The molecule has 0 aliphatic carbocycles. The van der Waals surface area contributed by atoms with E-state index in [0.717, 1.165) is 23.2 Å². The predicted molar refractivity (Wildman–Crippen MR) is 80.8 cm³/mol. The zero-order valence-corrected chi connectivity index (χ0v) is 12.2. The summed E-state index contributed by atoms with van der Waals surface area (Å²) < 4.78 is 0. The number of hydrogen-bond donors (Lipinski definition) is 1. The Labute approximate surface area is 120 Å². The summed E-state index contributed by atoms with van der Waals surface area (Å²) in [5.41, 5.74) is 10.7. The molecule has 1 heterocycles. The number of aromatic amines is 1. The quantitative estimate of drug-likeness (QED) is 0.927. The number of nitrogens with two attached hydrogens (primary N) is 1. The first kappa shape index (κ1) is 14.1. The van der Waals surface area contributed by atoms with Crippen molar-refractivity contribution in [2.75, 3.05) is 5.73 Å². The first-order valence-corrected chi connectivity index (χ1v) is 6.83. The standard InChI is InChI=1S/C17H19N3/c1-11(2)8-14-9-15(16(10-18)17(19)20-14)13-6-4-12(3)5-7-13/h4-7,9,11H,8H2,1-3H3,(H2,19,20)/p+1. The second-order valence-electron chi connectivity index (χ2n) is 5.57. The van der Waals surface area contributed by atoms with Crippen molar-refractivity contribution in [3.63, 3.8) is 0 Å². The van der Waals surface area contributed by atoms with Gasteiger partial charge in [0.2, 0.25) is 0 Å². The highest BCUT2D eigenvalue weighted by Gasteiger charge is 2.16. The smallest absolute Gasteiger partial charge is 0.286 e. The second-order valence-corrected chi connectivity index (χ2v) is 5.57. The summed E-state index contributed by atoms with van der Waals surface area (Å²) >= 11 is 0. The highest BCUT2D eigenvalue weighted by molar-refractivity contribution is 5.74. The first-order chi connectivity index (χ1) is 9.51. The molecule has 0 spiro atoms. The Morgan fingerprint density at radius 3 is 2.45 bits per heavy atom. The molecule has 3 nitrogen and oxygen atoms in total. The first-order valence-electron chi connectivity index (χ1n) is 6.83. The fourth-order valence-corrected chi connectivity index (χ4v) is 2.29. The van der Waals surface area contributed by atoms with Crippen LogP contribution in [0.2, 0.25) is 0 Å². The molecule has 0 aliphatic heterocycles. The number of benzene rings is 1. The van der Waals surface area contributed by atoms with Crippen LogP contribution in [0.3, 0.4) is 0 Å². The monoisotopic (exact) mass is 266 g/mol. The normalized spacial score (nSPS) is 10.6. The van der Waals surface area contributed by atoms with E-state index in [4.69, 9.17) is 5.73 Å². The van der Waals surface area contributed by atoms with Crippen LogP contribution >= 0.6 is 0 Å². The van der Waals surface area contributed by atoms with Crippen molar-refractivity contribution in [1.82, 2.24) is 0 Å². The molecule has 0 saturated carbocycles. The van der Waals surface area contributed by atoms with Gasteiger partial charge in [-0.25, -0.2) is 4.98 Å². The lowest BCUT2D eigenvalue weighted by molar-refractivity contribution is -0.373. The number of aromatic nitrogens is 1. The lowest BCUT2D eigenvalue weighted by atomic mass is 9.97. The van der Waals surface area contributed by atoms with Crippen LogP contribution in [0.5, 0.6) is 0 Å². The molecule has 3 N–H and O–H groups in total. The molecule has 1 aromatic carbocycles. The molecule has 102 valence electrons. The molecular weight excluding hydrogens is 246 g/mol. The minimum Gasteiger partial charge on any atom is -0.286 e. The Balaban J connectivity index is 2.57. The molecule has 0 saturated heterocycles. The average molecular weight is 266 g/mol. The zero-order valence-electron chi connectivity index (χ0n) is 12.2. The van der Waals surface area contributed by atoms with Crippen LogP contribution in [0.25, 0.3) is 11.1 Å². The maximum absolute atomic E-state index is 9.34. The number of hydrogen-bond acceptors (Lipinski definition) is 2. The third kappa shape index (κ3) is 2.97. The zero-order chi connectivity index (χ0) is 14.7. The number of aryl methyl sites for hydroxylation is 1. The van der Waals surface area contributed by atoms with Gasteiger partial charge in [0, 0.05) is 12.0 Å². The fourth-order valence-electron chi connectivity index (χ4n) is 2.29. The van der Waals surface area contributed by atoms with Crippen LogP contribution in [-0.4, -0.2) is 0 Å². The number of nitrogens with zero attached hydrogens (tertiary/aromatic N) is 1. The van der Waals surface area contributed by atoms with Crippen LogP contribution in [0, 0.1) is 24.2 Å². The van der Waals surface area contributed by atoms with Gasteiger partial charge in [-0.3, -0.25) is 5.73 Å². The number of nitriles is 1. The van der Waals surface area contributed by atoms with Crippen molar-refractivity contribution < 1.29 is 4.98 Å². The Hall–Kier alpha value is -2.34. The van der Waals surface area contributed by atoms with E-state index in [1.165, 1.54) is 5.56 Å². The van der Waals surface area contributed by atoms with E-state index in [2.05, 4.69) is 24.9 Å². The van der Waals surface area contributed by atoms with Gasteiger partial charge in [0.25, 0.3) is 5.82 Å². The molecule has 0 atom stereocenters. The minimum absolute atomic E-state index is 0.446.